The molecule has 0 unspecified atom stereocenters. The van der Waals surface area contributed by atoms with Crippen LogP contribution in [-0.2, 0) is 12.6 Å². The lowest BCUT2D eigenvalue weighted by Crippen LogP contribution is -2.15. The van der Waals surface area contributed by atoms with Gasteiger partial charge in [0.25, 0.3) is 0 Å². The molecule has 3 nitrogen and oxygen atoms in total. The maximum absolute atomic E-state index is 12.5. The maximum Gasteiger partial charge on any atom is 0.419 e. The summed E-state index contributed by atoms with van der Waals surface area (Å²) in [6, 6.07) is 1.11. The van der Waals surface area contributed by atoms with Gasteiger partial charge < -0.3 is 11.5 Å². The molecule has 112 valence electrons. The average Bonchev–Trinajstić information content (AvgIpc) is 2.18. The van der Waals surface area contributed by atoms with Crippen molar-refractivity contribution in [3.05, 3.63) is 23.4 Å². The van der Waals surface area contributed by atoms with Crippen LogP contribution in [0.25, 0.3) is 0 Å². The summed E-state index contributed by atoms with van der Waals surface area (Å²) in [5.74, 6) is -0.478. The first-order valence-corrected chi connectivity index (χ1v) is 5.38. The number of nitrogens with zero attached hydrogens (tertiary/aromatic N) is 1. The Labute approximate surface area is 122 Å². The van der Waals surface area contributed by atoms with Crippen molar-refractivity contribution in [1.82, 2.24) is 4.98 Å². The molecule has 0 radical (unpaired) electrons. The summed E-state index contributed by atoms with van der Waals surface area (Å²) in [5, 5.41) is 0. The second-order valence-corrected chi connectivity index (χ2v) is 4.14. The molecule has 1 aromatic rings. The zero-order chi connectivity index (χ0) is 13.1. The Morgan fingerprint density at radius 3 is 2.37 bits per heavy atom. The van der Waals surface area contributed by atoms with E-state index < -0.39 is 17.6 Å². The van der Waals surface area contributed by atoms with E-state index in [0.29, 0.717) is 12.0 Å². The number of hydrogen-bond acceptors (Lipinski definition) is 3. The molecule has 1 heterocycles. The fourth-order valence-electron chi connectivity index (χ4n) is 1.51. The molecule has 1 aromatic heterocycles. The summed E-state index contributed by atoms with van der Waals surface area (Å²) in [5.41, 5.74) is 10.4. The zero-order valence-electron chi connectivity index (χ0n) is 10.4. The number of nitrogen functional groups attached to an aromatic ring is 1. The second kappa shape index (κ2) is 8.45. The number of rotatable bonds is 4. The average molecular weight is 320 g/mol. The fourth-order valence-corrected chi connectivity index (χ4v) is 1.51. The SMILES string of the molecule is C[C@H](N)CCCc1cnc(N)c(C(F)(F)F)c1.Cl.Cl. The minimum atomic E-state index is -4.45. The fraction of sp³-hybridized carbons (Fsp3) is 0.545. The van der Waals surface area contributed by atoms with E-state index in [1.54, 1.807) is 0 Å². The molecule has 1 atom stereocenters. The summed E-state index contributed by atoms with van der Waals surface area (Å²) in [6.45, 7) is 1.86. The third-order valence-corrected chi connectivity index (χ3v) is 2.41. The maximum atomic E-state index is 12.5. The minimum absolute atomic E-state index is 0. The topological polar surface area (TPSA) is 64.9 Å². The van der Waals surface area contributed by atoms with Gasteiger partial charge in [-0.25, -0.2) is 4.98 Å². The zero-order valence-corrected chi connectivity index (χ0v) is 12.0. The van der Waals surface area contributed by atoms with Crippen LogP contribution < -0.4 is 11.5 Å². The lowest BCUT2D eigenvalue weighted by Gasteiger charge is -2.11. The Kier molecular flexibility index (Phi) is 9.16. The normalized spacial score (nSPS) is 12.3. The summed E-state index contributed by atoms with van der Waals surface area (Å²) >= 11 is 0. The number of anilines is 1. The van der Waals surface area contributed by atoms with E-state index in [1.165, 1.54) is 6.20 Å². The van der Waals surface area contributed by atoms with Gasteiger partial charge in [0, 0.05) is 12.2 Å². The highest BCUT2D eigenvalue weighted by Gasteiger charge is 2.33. The number of nitrogens with two attached hydrogens (primary N) is 2. The molecule has 0 aliphatic carbocycles. The van der Waals surface area contributed by atoms with Crippen LogP contribution in [-0.4, -0.2) is 11.0 Å². The van der Waals surface area contributed by atoms with Gasteiger partial charge in [-0.05, 0) is 37.8 Å². The molecule has 0 bridgehead atoms. The van der Waals surface area contributed by atoms with E-state index in [1.807, 2.05) is 6.92 Å². The van der Waals surface area contributed by atoms with Crippen LogP contribution >= 0.6 is 24.8 Å². The molecular formula is C11H18Cl2F3N3. The van der Waals surface area contributed by atoms with Crippen molar-refractivity contribution in [2.75, 3.05) is 5.73 Å². The molecular weight excluding hydrogens is 302 g/mol. The van der Waals surface area contributed by atoms with Crippen molar-refractivity contribution in [1.29, 1.82) is 0 Å². The van der Waals surface area contributed by atoms with E-state index >= 15 is 0 Å². The minimum Gasteiger partial charge on any atom is -0.383 e. The predicted octanol–water partition coefficient (Wildman–Crippen LogP) is 3.20. The van der Waals surface area contributed by atoms with Gasteiger partial charge in [0.2, 0.25) is 0 Å². The van der Waals surface area contributed by atoms with Crippen LogP contribution in [0.2, 0.25) is 0 Å². The van der Waals surface area contributed by atoms with E-state index in [0.717, 1.165) is 18.9 Å². The van der Waals surface area contributed by atoms with Gasteiger partial charge in [0.05, 0.1) is 5.56 Å². The Bertz CT molecular complexity index is 384. The van der Waals surface area contributed by atoms with Gasteiger partial charge in [0.15, 0.2) is 0 Å². The van der Waals surface area contributed by atoms with Crippen LogP contribution in [0, 0.1) is 0 Å². The van der Waals surface area contributed by atoms with Crippen molar-refractivity contribution in [3.8, 4) is 0 Å². The lowest BCUT2D eigenvalue weighted by atomic mass is 10.1. The van der Waals surface area contributed by atoms with Gasteiger partial charge in [0.1, 0.15) is 5.82 Å². The molecule has 19 heavy (non-hydrogen) atoms. The van der Waals surface area contributed by atoms with Gasteiger partial charge in [-0.2, -0.15) is 13.2 Å². The number of halogens is 5. The molecule has 0 saturated heterocycles. The van der Waals surface area contributed by atoms with Crippen molar-refractivity contribution in [2.45, 2.75) is 38.4 Å². The first-order valence-electron chi connectivity index (χ1n) is 5.38. The monoisotopic (exact) mass is 319 g/mol. The van der Waals surface area contributed by atoms with Crippen molar-refractivity contribution in [3.63, 3.8) is 0 Å². The molecule has 0 saturated carbocycles. The van der Waals surface area contributed by atoms with Gasteiger partial charge in [-0.3, -0.25) is 0 Å². The Hall–Kier alpha value is -0.720. The first kappa shape index (κ1) is 20.6. The second-order valence-electron chi connectivity index (χ2n) is 4.14. The third kappa shape index (κ3) is 6.84. The summed E-state index contributed by atoms with van der Waals surface area (Å²) < 4.78 is 37.6. The molecule has 0 aliphatic rings. The molecule has 1 rings (SSSR count). The number of aryl methyl sites for hydroxylation is 1. The number of hydrogen-bond donors (Lipinski definition) is 2. The van der Waals surface area contributed by atoms with Crippen LogP contribution in [0.5, 0.6) is 0 Å². The standard InChI is InChI=1S/C11H16F3N3.2ClH/c1-7(15)3-2-4-8-5-9(11(12,13)14)10(16)17-6-8;;/h5-7H,2-4,15H2,1H3,(H2,16,17);2*1H/t7-;;/m0../s1. The van der Waals surface area contributed by atoms with E-state index in [4.69, 9.17) is 11.5 Å². The Morgan fingerprint density at radius 1 is 1.32 bits per heavy atom. The molecule has 4 N–H and O–H groups in total. The quantitative estimate of drug-likeness (QED) is 0.895. The van der Waals surface area contributed by atoms with Crippen molar-refractivity contribution < 1.29 is 13.2 Å². The molecule has 8 heteroatoms. The highest BCUT2D eigenvalue weighted by Crippen LogP contribution is 2.33. The third-order valence-electron chi connectivity index (χ3n) is 2.41. The predicted molar refractivity (Wildman–Crippen MR) is 74.7 cm³/mol. The van der Waals surface area contributed by atoms with Gasteiger partial charge >= 0.3 is 6.18 Å². The Morgan fingerprint density at radius 2 is 1.89 bits per heavy atom. The van der Waals surface area contributed by atoms with Crippen molar-refractivity contribution in [2.24, 2.45) is 5.73 Å². The van der Waals surface area contributed by atoms with E-state index in [9.17, 15) is 13.2 Å². The van der Waals surface area contributed by atoms with E-state index in [2.05, 4.69) is 4.98 Å². The van der Waals surface area contributed by atoms with Crippen LogP contribution in [0.15, 0.2) is 12.3 Å². The largest absolute Gasteiger partial charge is 0.419 e. The molecule has 0 spiro atoms. The Balaban J connectivity index is 0. The number of aromatic nitrogens is 1. The number of alkyl halides is 3. The summed E-state index contributed by atoms with van der Waals surface area (Å²) in [7, 11) is 0. The van der Waals surface area contributed by atoms with Crippen LogP contribution in [0.1, 0.15) is 30.9 Å². The lowest BCUT2D eigenvalue weighted by molar-refractivity contribution is -0.137. The van der Waals surface area contributed by atoms with Gasteiger partial charge in [-0.1, -0.05) is 0 Å². The van der Waals surface area contributed by atoms with Crippen LogP contribution in [0.3, 0.4) is 0 Å². The molecule has 0 aromatic carbocycles. The summed E-state index contributed by atoms with van der Waals surface area (Å²) in [6.07, 6.45) is -1.04. The summed E-state index contributed by atoms with van der Waals surface area (Å²) in [4.78, 5) is 3.57. The highest BCUT2D eigenvalue weighted by atomic mass is 35.5. The first-order chi connectivity index (χ1) is 7.80. The molecule has 0 fully saturated rings. The van der Waals surface area contributed by atoms with Gasteiger partial charge in [-0.15, -0.1) is 24.8 Å². The van der Waals surface area contributed by atoms with E-state index in [-0.39, 0.29) is 30.9 Å². The number of pyridine rings is 1. The molecule has 0 aliphatic heterocycles. The van der Waals surface area contributed by atoms with Crippen molar-refractivity contribution >= 4 is 30.6 Å². The smallest absolute Gasteiger partial charge is 0.383 e. The van der Waals surface area contributed by atoms with Crippen LogP contribution in [0.4, 0.5) is 19.0 Å². The highest BCUT2D eigenvalue weighted by molar-refractivity contribution is 5.85. The molecule has 0 amide bonds.